The van der Waals surface area contributed by atoms with E-state index in [2.05, 4.69) is 21.2 Å². The number of carbonyl (C=O) groups is 1. The van der Waals surface area contributed by atoms with Crippen molar-refractivity contribution in [2.24, 2.45) is 5.92 Å². The van der Waals surface area contributed by atoms with Gasteiger partial charge in [0.05, 0.1) is 6.61 Å². The summed E-state index contributed by atoms with van der Waals surface area (Å²) in [6.07, 6.45) is 0.822. The minimum atomic E-state index is -0.0295. The quantitative estimate of drug-likeness (QED) is 0.699. The van der Waals surface area contributed by atoms with Crippen molar-refractivity contribution in [2.75, 3.05) is 26.8 Å². The average Bonchev–Trinajstić information content (AvgIpc) is 2.43. The van der Waals surface area contributed by atoms with E-state index in [9.17, 15) is 4.79 Å². The average molecular weight is 342 g/mol. The third kappa shape index (κ3) is 5.73. The Balaban J connectivity index is 2.66. The zero-order valence-electron chi connectivity index (χ0n) is 12.5. The Morgan fingerprint density at radius 1 is 1.25 bits per heavy atom. The molecule has 0 unspecified atom stereocenters. The largest absolute Gasteiger partial charge is 0.383 e. The van der Waals surface area contributed by atoms with E-state index in [0.717, 1.165) is 29.5 Å². The molecule has 20 heavy (non-hydrogen) atoms. The first-order valence-electron chi connectivity index (χ1n) is 7.05. The molecule has 0 aromatic heterocycles. The standard InChI is InChI=1S/C16H24BrNO2/c1-12(2)16(19)15(8-9-18-10-11-20-3)13-4-6-14(17)7-5-13/h4-7,12,15,18H,8-11H2,1-3H3/t15-/m1/s1. The lowest BCUT2D eigenvalue weighted by Gasteiger charge is -2.19. The minimum Gasteiger partial charge on any atom is -0.383 e. The summed E-state index contributed by atoms with van der Waals surface area (Å²) in [6, 6.07) is 8.05. The van der Waals surface area contributed by atoms with Gasteiger partial charge in [-0.1, -0.05) is 41.9 Å². The first-order valence-corrected chi connectivity index (χ1v) is 7.84. The van der Waals surface area contributed by atoms with Crippen molar-refractivity contribution >= 4 is 21.7 Å². The van der Waals surface area contributed by atoms with Gasteiger partial charge in [0.1, 0.15) is 5.78 Å². The van der Waals surface area contributed by atoms with Crippen LogP contribution in [-0.4, -0.2) is 32.6 Å². The van der Waals surface area contributed by atoms with Crippen LogP contribution in [0.1, 0.15) is 31.7 Å². The fraction of sp³-hybridized carbons (Fsp3) is 0.562. The number of ketones is 1. The van der Waals surface area contributed by atoms with Crippen molar-refractivity contribution < 1.29 is 9.53 Å². The second-order valence-corrected chi connectivity index (χ2v) is 6.11. The molecule has 4 heteroatoms. The maximum absolute atomic E-state index is 12.4. The highest BCUT2D eigenvalue weighted by atomic mass is 79.9. The zero-order chi connectivity index (χ0) is 15.0. The molecular weight excluding hydrogens is 318 g/mol. The normalized spacial score (nSPS) is 12.7. The highest BCUT2D eigenvalue weighted by Crippen LogP contribution is 2.25. The summed E-state index contributed by atoms with van der Waals surface area (Å²) in [7, 11) is 1.69. The third-order valence-corrected chi connectivity index (χ3v) is 3.81. The number of benzene rings is 1. The molecule has 0 saturated heterocycles. The van der Waals surface area contributed by atoms with Gasteiger partial charge in [-0.05, 0) is 30.7 Å². The highest BCUT2D eigenvalue weighted by molar-refractivity contribution is 9.10. The van der Waals surface area contributed by atoms with Gasteiger partial charge in [0.25, 0.3) is 0 Å². The smallest absolute Gasteiger partial charge is 0.142 e. The molecule has 0 spiro atoms. The Bertz CT molecular complexity index is 403. The Hall–Kier alpha value is -0.710. The summed E-state index contributed by atoms with van der Waals surface area (Å²) in [5, 5.41) is 3.31. The van der Waals surface area contributed by atoms with E-state index in [0.29, 0.717) is 12.4 Å². The molecular formula is C16H24BrNO2. The maximum atomic E-state index is 12.4. The second kappa shape index (κ2) is 9.27. The summed E-state index contributed by atoms with van der Waals surface area (Å²) in [4.78, 5) is 12.4. The molecule has 1 aromatic rings. The molecule has 0 fully saturated rings. The Labute approximate surface area is 130 Å². The number of Topliss-reactive ketones (excluding diaryl/α,β-unsaturated/α-hetero) is 1. The van der Waals surface area contributed by atoms with E-state index in [4.69, 9.17) is 4.74 Å². The number of ether oxygens (including phenoxy) is 1. The van der Waals surface area contributed by atoms with Gasteiger partial charge in [-0.2, -0.15) is 0 Å². The van der Waals surface area contributed by atoms with E-state index in [1.165, 1.54) is 0 Å². The van der Waals surface area contributed by atoms with Gasteiger partial charge in [0.2, 0.25) is 0 Å². The fourth-order valence-corrected chi connectivity index (χ4v) is 2.38. The van der Waals surface area contributed by atoms with Gasteiger partial charge < -0.3 is 10.1 Å². The number of halogens is 1. The summed E-state index contributed by atoms with van der Waals surface area (Å²) in [5.41, 5.74) is 1.10. The zero-order valence-corrected chi connectivity index (χ0v) is 14.1. The number of methoxy groups -OCH3 is 1. The molecule has 0 saturated carbocycles. The number of hydrogen-bond donors (Lipinski definition) is 1. The molecule has 0 radical (unpaired) electrons. The van der Waals surface area contributed by atoms with Crippen molar-refractivity contribution in [1.29, 1.82) is 0 Å². The predicted octanol–water partition coefficient (Wildman–Crippen LogP) is 3.38. The fourth-order valence-electron chi connectivity index (χ4n) is 2.12. The van der Waals surface area contributed by atoms with Crippen molar-refractivity contribution in [3.8, 4) is 0 Å². The van der Waals surface area contributed by atoms with Crippen LogP contribution in [0.2, 0.25) is 0 Å². The molecule has 1 aromatic carbocycles. The first kappa shape index (κ1) is 17.3. The van der Waals surface area contributed by atoms with E-state index in [1.807, 2.05) is 38.1 Å². The van der Waals surface area contributed by atoms with Crippen LogP contribution in [-0.2, 0) is 9.53 Å². The molecule has 0 amide bonds. The van der Waals surface area contributed by atoms with Crippen LogP contribution >= 0.6 is 15.9 Å². The van der Waals surface area contributed by atoms with Crippen LogP contribution in [0, 0.1) is 5.92 Å². The molecule has 0 aliphatic heterocycles. The van der Waals surface area contributed by atoms with Gasteiger partial charge in [0, 0.05) is 30.0 Å². The topological polar surface area (TPSA) is 38.3 Å². The molecule has 1 N–H and O–H groups in total. The molecule has 1 rings (SSSR count). The van der Waals surface area contributed by atoms with Crippen LogP contribution < -0.4 is 5.32 Å². The van der Waals surface area contributed by atoms with Gasteiger partial charge in [-0.25, -0.2) is 0 Å². The van der Waals surface area contributed by atoms with Gasteiger partial charge >= 0.3 is 0 Å². The van der Waals surface area contributed by atoms with Crippen LogP contribution in [0.25, 0.3) is 0 Å². The predicted molar refractivity (Wildman–Crippen MR) is 86.1 cm³/mol. The van der Waals surface area contributed by atoms with Crippen LogP contribution in [0.5, 0.6) is 0 Å². The molecule has 0 heterocycles. The van der Waals surface area contributed by atoms with Gasteiger partial charge in [-0.15, -0.1) is 0 Å². The summed E-state index contributed by atoms with van der Waals surface area (Å²) in [5.74, 6) is 0.335. The van der Waals surface area contributed by atoms with Crippen molar-refractivity contribution in [3.63, 3.8) is 0 Å². The van der Waals surface area contributed by atoms with Gasteiger partial charge in [0.15, 0.2) is 0 Å². The molecule has 112 valence electrons. The van der Waals surface area contributed by atoms with E-state index in [1.54, 1.807) is 7.11 Å². The SMILES string of the molecule is COCCNCC[C@@H](C(=O)C(C)C)c1ccc(Br)cc1. The monoisotopic (exact) mass is 341 g/mol. The first-order chi connectivity index (χ1) is 9.56. The van der Waals surface area contributed by atoms with E-state index >= 15 is 0 Å². The number of nitrogens with one attached hydrogen (secondary N) is 1. The molecule has 0 aliphatic carbocycles. The lowest BCUT2D eigenvalue weighted by atomic mass is 9.86. The van der Waals surface area contributed by atoms with E-state index in [-0.39, 0.29) is 11.8 Å². The third-order valence-electron chi connectivity index (χ3n) is 3.28. The van der Waals surface area contributed by atoms with Crippen LogP contribution in [0.4, 0.5) is 0 Å². The molecule has 0 bridgehead atoms. The number of carbonyl (C=O) groups excluding carboxylic acids is 1. The second-order valence-electron chi connectivity index (χ2n) is 5.19. The van der Waals surface area contributed by atoms with Crippen LogP contribution in [0.15, 0.2) is 28.7 Å². The van der Waals surface area contributed by atoms with Crippen molar-refractivity contribution in [3.05, 3.63) is 34.3 Å². The lowest BCUT2D eigenvalue weighted by Crippen LogP contribution is -2.26. The molecule has 0 aliphatic rings. The van der Waals surface area contributed by atoms with Gasteiger partial charge in [-0.3, -0.25) is 4.79 Å². The molecule has 1 atom stereocenters. The Morgan fingerprint density at radius 3 is 2.45 bits per heavy atom. The summed E-state index contributed by atoms with van der Waals surface area (Å²) >= 11 is 3.43. The summed E-state index contributed by atoms with van der Waals surface area (Å²) in [6.45, 7) is 6.27. The highest BCUT2D eigenvalue weighted by Gasteiger charge is 2.22. The lowest BCUT2D eigenvalue weighted by molar-refractivity contribution is -0.123. The summed E-state index contributed by atoms with van der Waals surface area (Å²) < 4.78 is 6.03. The van der Waals surface area contributed by atoms with Crippen molar-refractivity contribution in [1.82, 2.24) is 5.32 Å². The van der Waals surface area contributed by atoms with Crippen molar-refractivity contribution in [2.45, 2.75) is 26.2 Å². The van der Waals surface area contributed by atoms with Crippen LogP contribution in [0.3, 0.4) is 0 Å². The minimum absolute atomic E-state index is 0.0295. The maximum Gasteiger partial charge on any atom is 0.142 e. The number of rotatable bonds is 9. The Kier molecular flexibility index (Phi) is 8.04. The molecule has 3 nitrogen and oxygen atoms in total. The number of hydrogen-bond acceptors (Lipinski definition) is 3. The van der Waals surface area contributed by atoms with E-state index < -0.39 is 0 Å². The Morgan fingerprint density at radius 2 is 1.90 bits per heavy atom.